The lowest BCUT2D eigenvalue weighted by molar-refractivity contribution is 0.529. The smallest absolute Gasteiger partial charge is 0.264 e. The fraction of sp³-hybridized carbons (Fsp3) is 0. The first-order valence-electron chi connectivity index (χ1n) is 3.73. The topological polar surface area (TPSA) is 26.0 Å². The second kappa shape index (κ2) is 3.93. The molecule has 1 aromatic heterocycles. The molecular formula is C9H4BrCl2NO. The minimum atomic E-state index is 0.443. The van der Waals surface area contributed by atoms with Crippen LogP contribution in [-0.2, 0) is 0 Å². The van der Waals surface area contributed by atoms with Gasteiger partial charge >= 0.3 is 0 Å². The summed E-state index contributed by atoms with van der Waals surface area (Å²) < 4.78 is 5.02. The fourth-order valence-electron chi connectivity index (χ4n) is 1.04. The summed E-state index contributed by atoms with van der Waals surface area (Å²) in [7, 11) is 0. The highest BCUT2D eigenvalue weighted by Gasteiger charge is 2.06. The Hall–Kier alpha value is -0.510. The van der Waals surface area contributed by atoms with Crippen LogP contribution in [0.15, 0.2) is 33.7 Å². The molecule has 72 valence electrons. The van der Waals surface area contributed by atoms with Gasteiger partial charge in [-0.1, -0.05) is 29.3 Å². The monoisotopic (exact) mass is 291 g/mol. The van der Waals surface area contributed by atoms with Gasteiger partial charge in [0, 0.05) is 21.5 Å². The second-order valence-corrected chi connectivity index (χ2v) is 4.11. The van der Waals surface area contributed by atoms with E-state index < -0.39 is 0 Å². The molecule has 0 fully saturated rings. The van der Waals surface area contributed by atoms with Crippen molar-refractivity contribution in [2.24, 2.45) is 0 Å². The normalized spacial score (nSPS) is 10.5. The van der Waals surface area contributed by atoms with E-state index in [1.165, 1.54) is 0 Å². The van der Waals surface area contributed by atoms with Gasteiger partial charge in [0.05, 0.1) is 10.0 Å². The van der Waals surface area contributed by atoms with Crippen LogP contribution in [0.1, 0.15) is 0 Å². The molecule has 14 heavy (non-hydrogen) atoms. The first kappa shape index (κ1) is 10.0. The van der Waals surface area contributed by atoms with Crippen molar-refractivity contribution in [3.8, 4) is 11.3 Å². The lowest BCUT2D eigenvalue weighted by atomic mass is 10.2. The van der Waals surface area contributed by atoms with Crippen molar-refractivity contribution in [3.05, 3.63) is 39.3 Å². The van der Waals surface area contributed by atoms with E-state index >= 15 is 0 Å². The highest BCUT2D eigenvalue weighted by atomic mass is 79.9. The summed E-state index contributed by atoms with van der Waals surface area (Å²) in [6.07, 6.45) is 1.55. The zero-order chi connectivity index (χ0) is 10.1. The van der Waals surface area contributed by atoms with Crippen LogP contribution in [0.25, 0.3) is 11.3 Å². The van der Waals surface area contributed by atoms with E-state index in [1.807, 2.05) is 6.07 Å². The number of oxazole rings is 1. The molecule has 0 aliphatic heterocycles. The number of aromatic nitrogens is 1. The van der Waals surface area contributed by atoms with Gasteiger partial charge in [0.15, 0.2) is 0 Å². The van der Waals surface area contributed by atoms with Gasteiger partial charge in [0.2, 0.25) is 0 Å². The van der Waals surface area contributed by atoms with E-state index in [2.05, 4.69) is 20.9 Å². The first-order chi connectivity index (χ1) is 6.66. The number of rotatable bonds is 1. The first-order valence-corrected chi connectivity index (χ1v) is 5.28. The van der Waals surface area contributed by atoms with Gasteiger partial charge in [-0.2, -0.15) is 0 Å². The van der Waals surface area contributed by atoms with Gasteiger partial charge in [-0.15, -0.1) is 0 Å². The summed E-state index contributed by atoms with van der Waals surface area (Å²) in [5, 5.41) is 1.03. The largest absolute Gasteiger partial charge is 0.439 e. The molecule has 0 radical (unpaired) electrons. The Bertz CT molecular complexity index is 470. The van der Waals surface area contributed by atoms with Crippen molar-refractivity contribution in [3.63, 3.8) is 0 Å². The summed E-state index contributed by atoms with van der Waals surface area (Å²) >= 11 is 14.8. The quantitative estimate of drug-likeness (QED) is 0.778. The Balaban J connectivity index is 2.47. The minimum Gasteiger partial charge on any atom is -0.439 e. The molecule has 0 saturated heterocycles. The number of nitrogens with zero attached hydrogens (tertiary/aromatic N) is 1. The van der Waals surface area contributed by atoms with Gasteiger partial charge in [-0.25, -0.2) is 4.98 Å². The molecule has 0 spiro atoms. The molecule has 0 bridgehead atoms. The van der Waals surface area contributed by atoms with E-state index in [1.54, 1.807) is 18.4 Å². The maximum atomic E-state index is 5.87. The molecular weight excluding hydrogens is 289 g/mol. The lowest BCUT2D eigenvalue weighted by Gasteiger charge is -1.98. The molecule has 5 heteroatoms. The molecule has 1 heterocycles. The van der Waals surface area contributed by atoms with E-state index in [0.29, 0.717) is 14.8 Å². The molecule has 0 amide bonds. The predicted molar refractivity (Wildman–Crippen MR) is 59.7 cm³/mol. The maximum absolute atomic E-state index is 5.87. The second-order valence-electron chi connectivity index (χ2n) is 2.61. The van der Waals surface area contributed by atoms with Gasteiger partial charge in [-0.3, -0.25) is 0 Å². The third kappa shape index (κ3) is 1.95. The molecule has 2 nitrogen and oxygen atoms in total. The van der Waals surface area contributed by atoms with Crippen molar-refractivity contribution in [1.82, 2.24) is 4.98 Å². The molecule has 0 atom stereocenters. The van der Waals surface area contributed by atoms with E-state index in [-0.39, 0.29) is 0 Å². The number of benzene rings is 1. The number of halogens is 3. The van der Waals surface area contributed by atoms with Gasteiger partial charge < -0.3 is 4.42 Å². The van der Waals surface area contributed by atoms with E-state index in [9.17, 15) is 0 Å². The van der Waals surface area contributed by atoms with Crippen LogP contribution in [0.4, 0.5) is 0 Å². The molecule has 0 aliphatic rings. The lowest BCUT2D eigenvalue weighted by Crippen LogP contribution is -1.77. The van der Waals surface area contributed by atoms with Crippen LogP contribution in [0.2, 0.25) is 10.0 Å². The van der Waals surface area contributed by atoms with E-state index in [0.717, 1.165) is 11.3 Å². The fourth-order valence-corrected chi connectivity index (χ4v) is 1.62. The van der Waals surface area contributed by atoms with Crippen molar-refractivity contribution in [1.29, 1.82) is 0 Å². The highest BCUT2D eigenvalue weighted by molar-refractivity contribution is 9.10. The predicted octanol–water partition coefficient (Wildman–Crippen LogP) is 4.41. The maximum Gasteiger partial charge on any atom is 0.264 e. The molecule has 0 aliphatic carbocycles. The summed E-state index contributed by atoms with van der Waals surface area (Å²) in [5.74, 6) is 0. The standard InChI is InChI=1S/C9H4BrCl2NO/c10-9-13-8(4-14-9)5-1-2-6(11)7(12)3-5/h1-4H. The summed E-state index contributed by atoms with van der Waals surface area (Å²) in [5.41, 5.74) is 1.59. The molecule has 0 N–H and O–H groups in total. The Morgan fingerprint density at radius 1 is 1.21 bits per heavy atom. The molecule has 2 rings (SSSR count). The van der Waals surface area contributed by atoms with Gasteiger partial charge in [0.1, 0.15) is 12.0 Å². The number of hydrogen-bond acceptors (Lipinski definition) is 2. The Morgan fingerprint density at radius 2 is 2.00 bits per heavy atom. The Labute approximate surface area is 99.0 Å². The summed E-state index contributed by atoms with van der Waals surface area (Å²) in [6, 6.07) is 5.30. The van der Waals surface area contributed by atoms with Gasteiger partial charge in [0.25, 0.3) is 4.80 Å². The number of hydrogen-bond donors (Lipinski definition) is 0. The van der Waals surface area contributed by atoms with Crippen molar-refractivity contribution in [2.45, 2.75) is 0 Å². The Kier molecular flexibility index (Phi) is 2.81. The average molecular weight is 293 g/mol. The van der Waals surface area contributed by atoms with Crippen LogP contribution >= 0.6 is 39.1 Å². The minimum absolute atomic E-state index is 0.443. The van der Waals surface area contributed by atoms with Crippen LogP contribution in [0, 0.1) is 0 Å². The average Bonchev–Trinajstić information content (AvgIpc) is 2.57. The molecule has 1 aromatic carbocycles. The van der Waals surface area contributed by atoms with E-state index in [4.69, 9.17) is 27.6 Å². The molecule has 0 unspecified atom stereocenters. The van der Waals surface area contributed by atoms with Crippen LogP contribution < -0.4 is 0 Å². The Morgan fingerprint density at radius 3 is 2.57 bits per heavy atom. The zero-order valence-electron chi connectivity index (χ0n) is 6.80. The van der Waals surface area contributed by atoms with Crippen molar-refractivity contribution < 1.29 is 4.42 Å². The summed E-state index contributed by atoms with van der Waals surface area (Å²) in [4.78, 5) is 4.54. The van der Waals surface area contributed by atoms with Crippen molar-refractivity contribution >= 4 is 39.1 Å². The third-order valence-electron chi connectivity index (χ3n) is 1.69. The van der Waals surface area contributed by atoms with Crippen LogP contribution in [0.5, 0.6) is 0 Å². The highest BCUT2D eigenvalue weighted by Crippen LogP contribution is 2.28. The zero-order valence-corrected chi connectivity index (χ0v) is 9.90. The SMILES string of the molecule is Clc1ccc(-c2coc(Br)n2)cc1Cl. The van der Waals surface area contributed by atoms with Crippen LogP contribution in [0.3, 0.4) is 0 Å². The molecule has 2 aromatic rings. The third-order valence-corrected chi connectivity index (χ3v) is 2.79. The van der Waals surface area contributed by atoms with Crippen LogP contribution in [-0.4, -0.2) is 4.98 Å². The van der Waals surface area contributed by atoms with Gasteiger partial charge in [-0.05, 0) is 12.1 Å². The van der Waals surface area contributed by atoms with Crippen molar-refractivity contribution in [2.75, 3.05) is 0 Å². The molecule has 0 saturated carbocycles. The summed E-state index contributed by atoms with van der Waals surface area (Å²) in [6.45, 7) is 0.